The van der Waals surface area contributed by atoms with Crippen LogP contribution in [0.5, 0.6) is 11.5 Å². The first-order valence-electron chi connectivity index (χ1n) is 6.36. The van der Waals surface area contributed by atoms with E-state index >= 15 is 0 Å². The van der Waals surface area contributed by atoms with Crippen LogP contribution in [0.3, 0.4) is 0 Å². The molecule has 1 aliphatic heterocycles. The molecule has 0 aromatic heterocycles. The maximum atomic E-state index is 11.9. The average Bonchev–Trinajstić information content (AvgIpc) is 2.87. The van der Waals surface area contributed by atoms with Gasteiger partial charge in [0.15, 0.2) is 11.5 Å². The van der Waals surface area contributed by atoms with Crippen molar-refractivity contribution in [2.75, 3.05) is 19.9 Å². The van der Waals surface area contributed by atoms with E-state index in [9.17, 15) is 9.59 Å². The third-order valence-corrected chi connectivity index (χ3v) is 3.09. The van der Waals surface area contributed by atoms with Gasteiger partial charge in [0.1, 0.15) is 0 Å². The molecule has 1 heterocycles. The Hall–Kier alpha value is -2.04. The van der Waals surface area contributed by atoms with Gasteiger partial charge in [-0.25, -0.2) is 0 Å². The minimum atomic E-state index is -0.428. The maximum absolute atomic E-state index is 11.9. The zero-order valence-corrected chi connectivity index (χ0v) is 11.1. The molecule has 0 saturated carbocycles. The molecule has 2 rings (SSSR count). The second-order valence-corrected chi connectivity index (χ2v) is 4.27. The molecule has 0 fully saturated rings. The summed E-state index contributed by atoms with van der Waals surface area (Å²) in [5.41, 5.74) is 0.759. The van der Waals surface area contributed by atoms with Gasteiger partial charge in [0.05, 0.1) is 0 Å². The Kier molecular flexibility index (Phi) is 4.04. The van der Waals surface area contributed by atoms with Gasteiger partial charge in [-0.15, -0.1) is 0 Å². The van der Waals surface area contributed by atoms with Gasteiger partial charge in [-0.1, -0.05) is 6.07 Å². The van der Waals surface area contributed by atoms with Crippen LogP contribution in [0.4, 0.5) is 0 Å². The van der Waals surface area contributed by atoms with Crippen molar-refractivity contribution in [2.24, 2.45) is 0 Å². The van der Waals surface area contributed by atoms with Crippen molar-refractivity contribution in [1.82, 2.24) is 4.90 Å². The summed E-state index contributed by atoms with van der Waals surface area (Å²) in [4.78, 5) is 25.3. The van der Waals surface area contributed by atoms with Crippen molar-refractivity contribution in [1.29, 1.82) is 0 Å². The van der Waals surface area contributed by atoms with Crippen LogP contribution >= 0.6 is 0 Å². The van der Waals surface area contributed by atoms with Crippen LogP contribution in [0.1, 0.15) is 19.4 Å². The Morgan fingerprint density at radius 1 is 1.16 bits per heavy atom. The summed E-state index contributed by atoms with van der Waals surface area (Å²) in [6.45, 7) is 5.00. The van der Waals surface area contributed by atoms with Crippen molar-refractivity contribution >= 4 is 11.7 Å². The van der Waals surface area contributed by atoms with E-state index < -0.39 is 11.7 Å². The monoisotopic (exact) mass is 263 g/mol. The lowest BCUT2D eigenvalue weighted by Crippen LogP contribution is -2.37. The fourth-order valence-corrected chi connectivity index (χ4v) is 2.00. The number of ether oxygens (including phenoxy) is 2. The van der Waals surface area contributed by atoms with Gasteiger partial charge in [-0.2, -0.15) is 0 Å². The number of hydrogen-bond donors (Lipinski definition) is 0. The highest BCUT2D eigenvalue weighted by atomic mass is 16.7. The average molecular weight is 263 g/mol. The first kappa shape index (κ1) is 13.4. The van der Waals surface area contributed by atoms with Gasteiger partial charge in [-0.3, -0.25) is 9.59 Å². The van der Waals surface area contributed by atoms with Gasteiger partial charge in [0.25, 0.3) is 5.91 Å². The number of likely N-dealkylation sites (N-methyl/N-ethyl adjacent to an activating group) is 1. The molecule has 1 aliphatic rings. The SMILES string of the molecule is CCN(CC)C(=O)C(=O)Cc1ccc2c(c1)OCO2. The third-order valence-electron chi connectivity index (χ3n) is 3.09. The Morgan fingerprint density at radius 3 is 2.53 bits per heavy atom. The van der Waals surface area contributed by atoms with Gasteiger partial charge < -0.3 is 14.4 Å². The molecule has 0 unspecified atom stereocenters. The molecule has 5 heteroatoms. The second kappa shape index (κ2) is 5.73. The van der Waals surface area contributed by atoms with Crippen molar-refractivity contribution in [2.45, 2.75) is 20.3 Å². The first-order chi connectivity index (χ1) is 9.15. The summed E-state index contributed by atoms with van der Waals surface area (Å²) >= 11 is 0. The number of carbonyl (C=O) groups is 2. The van der Waals surface area contributed by atoms with E-state index in [1.165, 1.54) is 4.90 Å². The van der Waals surface area contributed by atoms with Gasteiger partial charge in [0.2, 0.25) is 12.6 Å². The van der Waals surface area contributed by atoms with Gasteiger partial charge in [-0.05, 0) is 31.5 Å². The predicted octanol–water partition coefficient (Wildman–Crippen LogP) is 1.40. The summed E-state index contributed by atoms with van der Waals surface area (Å²) in [7, 11) is 0. The quantitative estimate of drug-likeness (QED) is 0.753. The number of hydrogen-bond acceptors (Lipinski definition) is 4. The molecule has 102 valence electrons. The van der Waals surface area contributed by atoms with E-state index in [1.54, 1.807) is 18.2 Å². The van der Waals surface area contributed by atoms with Crippen LogP contribution in [-0.2, 0) is 16.0 Å². The van der Waals surface area contributed by atoms with Crippen LogP contribution in [-0.4, -0.2) is 36.5 Å². The van der Waals surface area contributed by atoms with Crippen molar-refractivity contribution in [3.8, 4) is 11.5 Å². The molecule has 0 saturated heterocycles. The minimum absolute atomic E-state index is 0.0893. The van der Waals surface area contributed by atoms with Crippen LogP contribution in [0.15, 0.2) is 18.2 Å². The molecular weight excluding hydrogens is 246 g/mol. The van der Waals surface area contributed by atoms with Crippen molar-refractivity contribution in [3.05, 3.63) is 23.8 Å². The normalized spacial score (nSPS) is 12.3. The van der Waals surface area contributed by atoms with Crippen LogP contribution in [0.25, 0.3) is 0 Å². The molecule has 1 aromatic rings. The van der Waals surface area contributed by atoms with Crippen molar-refractivity contribution < 1.29 is 19.1 Å². The molecule has 0 radical (unpaired) electrons. The van der Waals surface area contributed by atoms with E-state index in [4.69, 9.17) is 9.47 Å². The van der Waals surface area contributed by atoms with Gasteiger partial charge in [0, 0.05) is 19.5 Å². The molecule has 19 heavy (non-hydrogen) atoms. The highest BCUT2D eigenvalue weighted by Crippen LogP contribution is 2.32. The summed E-state index contributed by atoms with van der Waals surface area (Å²) in [5.74, 6) is 0.470. The lowest BCUT2D eigenvalue weighted by atomic mass is 10.1. The molecular formula is C14H17NO4. The third kappa shape index (κ3) is 2.86. The topological polar surface area (TPSA) is 55.8 Å². The maximum Gasteiger partial charge on any atom is 0.290 e. The molecule has 0 N–H and O–H groups in total. The number of fused-ring (bicyclic) bond motifs is 1. The fraction of sp³-hybridized carbons (Fsp3) is 0.429. The Bertz CT molecular complexity index is 494. The number of nitrogens with zero attached hydrogens (tertiary/aromatic N) is 1. The zero-order valence-electron chi connectivity index (χ0n) is 11.1. The molecule has 5 nitrogen and oxygen atoms in total. The van der Waals surface area contributed by atoms with E-state index in [2.05, 4.69) is 0 Å². The van der Waals surface area contributed by atoms with Gasteiger partial charge >= 0.3 is 0 Å². The highest BCUT2D eigenvalue weighted by molar-refractivity contribution is 6.36. The molecule has 0 spiro atoms. The van der Waals surface area contributed by atoms with Crippen molar-refractivity contribution in [3.63, 3.8) is 0 Å². The number of benzene rings is 1. The largest absolute Gasteiger partial charge is 0.454 e. The smallest absolute Gasteiger partial charge is 0.290 e. The fourth-order valence-electron chi connectivity index (χ4n) is 2.00. The Balaban J connectivity index is 2.05. The lowest BCUT2D eigenvalue weighted by molar-refractivity contribution is -0.144. The molecule has 0 aliphatic carbocycles. The number of carbonyl (C=O) groups excluding carboxylic acids is 2. The molecule has 0 atom stereocenters. The summed E-state index contributed by atoms with van der Waals surface area (Å²) < 4.78 is 10.4. The Labute approximate surface area is 112 Å². The predicted molar refractivity (Wildman–Crippen MR) is 69.2 cm³/mol. The highest BCUT2D eigenvalue weighted by Gasteiger charge is 2.21. The summed E-state index contributed by atoms with van der Waals surface area (Å²) in [5, 5.41) is 0. The van der Waals surface area contributed by atoms with Crippen LogP contribution in [0, 0.1) is 0 Å². The molecule has 1 amide bonds. The van der Waals surface area contributed by atoms with E-state index in [-0.39, 0.29) is 13.2 Å². The number of rotatable bonds is 5. The van der Waals surface area contributed by atoms with E-state index in [0.29, 0.717) is 24.6 Å². The molecule has 0 bridgehead atoms. The van der Waals surface area contributed by atoms with Crippen LogP contribution < -0.4 is 9.47 Å². The molecule has 1 aromatic carbocycles. The number of amides is 1. The summed E-state index contributed by atoms with van der Waals surface area (Å²) in [6, 6.07) is 5.28. The van der Waals surface area contributed by atoms with Crippen LogP contribution in [0.2, 0.25) is 0 Å². The number of Topliss-reactive ketones (excluding diaryl/α,β-unsaturated/α-hetero) is 1. The van der Waals surface area contributed by atoms with E-state index in [1.807, 2.05) is 13.8 Å². The first-order valence-corrected chi connectivity index (χ1v) is 6.36. The Morgan fingerprint density at radius 2 is 1.84 bits per heavy atom. The number of ketones is 1. The summed E-state index contributed by atoms with van der Waals surface area (Å²) in [6.07, 6.45) is 0.0893. The minimum Gasteiger partial charge on any atom is -0.454 e. The van der Waals surface area contributed by atoms with E-state index in [0.717, 1.165) is 5.56 Å². The lowest BCUT2D eigenvalue weighted by Gasteiger charge is -2.17. The second-order valence-electron chi connectivity index (χ2n) is 4.27. The standard InChI is InChI=1S/C14H17NO4/c1-3-15(4-2)14(17)11(16)7-10-5-6-12-13(8-10)19-9-18-12/h5-6,8H,3-4,7,9H2,1-2H3. The zero-order chi connectivity index (χ0) is 13.8.